The maximum atomic E-state index is 10.8. The molecule has 3 rings (SSSR count). The average Bonchev–Trinajstić information content (AvgIpc) is 2.87. The molecular weight excluding hydrogens is 230 g/mol. The van der Waals surface area contributed by atoms with Gasteiger partial charge in [-0.1, -0.05) is 12.1 Å². The summed E-state index contributed by atoms with van der Waals surface area (Å²) in [6.45, 7) is 0. The summed E-state index contributed by atoms with van der Waals surface area (Å²) < 4.78 is 1.69. The first kappa shape index (κ1) is 10.5. The summed E-state index contributed by atoms with van der Waals surface area (Å²) in [5.41, 5.74) is 0.886. The number of hydrogen-bond acceptors (Lipinski definition) is 3. The number of carboxylic acids is 1. The monoisotopic (exact) mass is 239 g/mol. The zero-order valence-electron chi connectivity index (χ0n) is 9.32. The molecule has 0 atom stereocenters. The van der Waals surface area contributed by atoms with Crippen molar-refractivity contribution < 1.29 is 9.90 Å². The largest absolute Gasteiger partial charge is 0.476 e. The van der Waals surface area contributed by atoms with E-state index in [1.165, 1.54) is 12.5 Å². The van der Waals surface area contributed by atoms with Crippen molar-refractivity contribution in [3.05, 3.63) is 54.9 Å². The molecule has 0 aliphatic rings. The fourth-order valence-corrected chi connectivity index (χ4v) is 1.89. The second-order valence-electron chi connectivity index (χ2n) is 3.85. The maximum absolute atomic E-state index is 10.8. The number of pyridine rings is 1. The molecule has 0 fully saturated rings. The summed E-state index contributed by atoms with van der Waals surface area (Å²) in [5, 5.41) is 10.9. The van der Waals surface area contributed by atoms with Gasteiger partial charge in [0.1, 0.15) is 6.33 Å². The van der Waals surface area contributed by atoms with Crippen molar-refractivity contribution in [1.82, 2.24) is 14.5 Å². The molecule has 1 N–H and O–H groups in total. The third-order valence-electron chi connectivity index (χ3n) is 2.74. The van der Waals surface area contributed by atoms with Crippen LogP contribution in [0.5, 0.6) is 0 Å². The molecule has 5 nitrogen and oxygen atoms in total. The van der Waals surface area contributed by atoms with E-state index in [9.17, 15) is 4.79 Å². The molecule has 0 saturated carbocycles. The quantitative estimate of drug-likeness (QED) is 0.743. The van der Waals surface area contributed by atoms with Crippen LogP contribution in [0, 0.1) is 0 Å². The Balaban J connectivity index is 2.21. The topological polar surface area (TPSA) is 68.0 Å². The summed E-state index contributed by atoms with van der Waals surface area (Å²) in [6.07, 6.45) is 6.46. The van der Waals surface area contributed by atoms with Gasteiger partial charge in [-0.3, -0.25) is 4.98 Å². The zero-order chi connectivity index (χ0) is 12.5. The lowest BCUT2D eigenvalue weighted by Crippen LogP contribution is -1.96. The molecule has 5 heteroatoms. The van der Waals surface area contributed by atoms with Gasteiger partial charge in [-0.25, -0.2) is 9.78 Å². The highest BCUT2D eigenvalue weighted by Gasteiger charge is 2.09. The van der Waals surface area contributed by atoms with Gasteiger partial charge in [-0.15, -0.1) is 0 Å². The Kier molecular flexibility index (Phi) is 2.30. The summed E-state index contributed by atoms with van der Waals surface area (Å²) >= 11 is 0. The van der Waals surface area contributed by atoms with Crippen LogP contribution in [0.3, 0.4) is 0 Å². The minimum Gasteiger partial charge on any atom is -0.476 e. The van der Waals surface area contributed by atoms with E-state index in [4.69, 9.17) is 5.11 Å². The Hall–Kier alpha value is -2.69. The fraction of sp³-hybridized carbons (Fsp3) is 0. The van der Waals surface area contributed by atoms with Crippen molar-refractivity contribution in [2.75, 3.05) is 0 Å². The smallest absolute Gasteiger partial charge is 0.356 e. The molecule has 0 saturated heterocycles. The van der Waals surface area contributed by atoms with Crippen molar-refractivity contribution in [2.45, 2.75) is 0 Å². The number of hydrogen-bond donors (Lipinski definition) is 1. The molecule has 2 aromatic heterocycles. The molecule has 0 amide bonds. The number of fused-ring (bicyclic) bond motifs is 1. The molecule has 0 aliphatic carbocycles. The second kappa shape index (κ2) is 3.96. The minimum atomic E-state index is -1.04. The molecule has 0 aliphatic heterocycles. The van der Waals surface area contributed by atoms with Gasteiger partial charge in [0, 0.05) is 24.0 Å². The number of benzene rings is 1. The van der Waals surface area contributed by atoms with E-state index in [0.717, 1.165) is 16.5 Å². The third kappa shape index (κ3) is 1.62. The van der Waals surface area contributed by atoms with Gasteiger partial charge in [0.2, 0.25) is 0 Å². The molecule has 88 valence electrons. The maximum Gasteiger partial charge on any atom is 0.356 e. The first-order valence-corrected chi connectivity index (χ1v) is 5.36. The van der Waals surface area contributed by atoms with Crippen molar-refractivity contribution in [3.63, 3.8) is 0 Å². The summed E-state index contributed by atoms with van der Waals surface area (Å²) in [4.78, 5) is 18.8. The van der Waals surface area contributed by atoms with Crippen LogP contribution in [0.1, 0.15) is 10.5 Å². The second-order valence-corrected chi connectivity index (χ2v) is 3.85. The van der Waals surface area contributed by atoms with Crippen molar-refractivity contribution in [2.24, 2.45) is 0 Å². The average molecular weight is 239 g/mol. The Morgan fingerprint density at radius 1 is 1.28 bits per heavy atom. The lowest BCUT2D eigenvalue weighted by atomic mass is 10.1. The SMILES string of the molecule is O=C(O)c1cn(-c2cccc3ccncc23)cn1. The van der Waals surface area contributed by atoms with Gasteiger partial charge in [0.15, 0.2) is 5.69 Å². The predicted molar refractivity (Wildman–Crippen MR) is 65.8 cm³/mol. The normalized spacial score (nSPS) is 10.7. The van der Waals surface area contributed by atoms with E-state index in [0.29, 0.717) is 0 Å². The highest BCUT2D eigenvalue weighted by Crippen LogP contribution is 2.21. The first-order valence-electron chi connectivity index (χ1n) is 5.36. The van der Waals surface area contributed by atoms with E-state index in [1.54, 1.807) is 17.0 Å². The van der Waals surface area contributed by atoms with E-state index < -0.39 is 5.97 Å². The number of aromatic nitrogens is 3. The highest BCUT2D eigenvalue weighted by molar-refractivity contribution is 5.90. The molecule has 0 bridgehead atoms. The van der Waals surface area contributed by atoms with Crippen LogP contribution in [-0.4, -0.2) is 25.6 Å². The van der Waals surface area contributed by atoms with Crippen LogP contribution in [0.25, 0.3) is 16.5 Å². The summed E-state index contributed by atoms with van der Waals surface area (Å²) in [6, 6.07) is 7.71. The Morgan fingerprint density at radius 2 is 2.17 bits per heavy atom. The van der Waals surface area contributed by atoms with Gasteiger partial charge in [0.05, 0.1) is 5.69 Å². The molecule has 0 spiro atoms. The Bertz CT molecular complexity index is 728. The number of rotatable bonds is 2. The third-order valence-corrected chi connectivity index (χ3v) is 2.74. The fourth-order valence-electron chi connectivity index (χ4n) is 1.89. The van der Waals surface area contributed by atoms with Gasteiger partial charge >= 0.3 is 5.97 Å². The van der Waals surface area contributed by atoms with Crippen molar-refractivity contribution >= 4 is 16.7 Å². The molecule has 2 heterocycles. The molecule has 0 radical (unpaired) electrons. The van der Waals surface area contributed by atoms with Gasteiger partial charge < -0.3 is 9.67 Å². The molecule has 18 heavy (non-hydrogen) atoms. The Morgan fingerprint density at radius 3 is 2.94 bits per heavy atom. The van der Waals surface area contributed by atoms with Crippen LogP contribution < -0.4 is 0 Å². The van der Waals surface area contributed by atoms with Crippen LogP contribution >= 0.6 is 0 Å². The van der Waals surface area contributed by atoms with E-state index >= 15 is 0 Å². The van der Waals surface area contributed by atoms with Crippen LogP contribution in [0.15, 0.2) is 49.2 Å². The minimum absolute atomic E-state index is 0.0240. The van der Waals surface area contributed by atoms with E-state index in [2.05, 4.69) is 9.97 Å². The van der Waals surface area contributed by atoms with E-state index in [1.807, 2.05) is 24.3 Å². The number of imidazole rings is 1. The molecule has 3 aromatic rings. The van der Waals surface area contributed by atoms with Gasteiger partial charge in [0.25, 0.3) is 0 Å². The summed E-state index contributed by atoms with van der Waals surface area (Å²) in [7, 11) is 0. The standard InChI is InChI=1S/C13H9N3O2/c17-13(18)11-7-16(8-15-11)12-3-1-2-9-4-5-14-6-10(9)12/h1-8H,(H,17,18). The molecular formula is C13H9N3O2. The number of nitrogens with zero attached hydrogens (tertiary/aromatic N) is 3. The van der Waals surface area contributed by atoms with Crippen LogP contribution in [0.2, 0.25) is 0 Å². The molecule has 0 unspecified atom stereocenters. The number of carboxylic acid groups (broad SMARTS) is 1. The Labute approximate surface area is 102 Å². The van der Waals surface area contributed by atoms with Crippen LogP contribution in [0.4, 0.5) is 0 Å². The van der Waals surface area contributed by atoms with Gasteiger partial charge in [-0.2, -0.15) is 0 Å². The van der Waals surface area contributed by atoms with E-state index in [-0.39, 0.29) is 5.69 Å². The predicted octanol–water partition coefficient (Wildman–Crippen LogP) is 2.12. The van der Waals surface area contributed by atoms with Crippen molar-refractivity contribution in [3.8, 4) is 5.69 Å². The summed E-state index contributed by atoms with van der Waals surface area (Å²) in [5.74, 6) is -1.04. The zero-order valence-corrected chi connectivity index (χ0v) is 9.32. The van der Waals surface area contributed by atoms with Crippen molar-refractivity contribution in [1.29, 1.82) is 0 Å². The highest BCUT2D eigenvalue weighted by atomic mass is 16.4. The van der Waals surface area contributed by atoms with Crippen LogP contribution in [-0.2, 0) is 0 Å². The number of aromatic carboxylic acids is 1. The number of carbonyl (C=O) groups is 1. The van der Waals surface area contributed by atoms with Gasteiger partial charge in [-0.05, 0) is 17.5 Å². The lowest BCUT2D eigenvalue weighted by Gasteiger charge is -2.05. The molecule has 1 aromatic carbocycles. The lowest BCUT2D eigenvalue weighted by molar-refractivity contribution is 0.0691. The first-order chi connectivity index (χ1) is 8.75.